The van der Waals surface area contributed by atoms with E-state index < -0.39 is 9.84 Å². The predicted molar refractivity (Wildman–Crippen MR) is 114 cm³/mol. The summed E-state index contributed by atoms with van der Waals surface area (Å²) in [7, 11) is -2.83. The highest BCUT2D eigenvalue weighted by Gasteiger charge is 2.40. The van der Waals surface area contributed by atoms with E-state index in [2.05, 4.69) is 10.6 Å². The van der Waals surface area contributed by atoms with Gasteiger partial charge in [-0.05, 0) is 56.3 Å². The molecule has 0 amide bonds. The number of sulfone groups is 1. The summed E-state index contributed by atoms with van der Waals surface area (Å²) in [4.78, 5) is 4.80. The molecule has 26 heavy (non-hydrogen) atoms. The number of nitrogens with zero attached hydrogens (tertiary/aromatic N) is 1. The van der Waals surface area contributed by atoms with Gasteiger partial charge in [-0.15, -0.1) is 24.0 Å². The summed E-state index contributed by atoms with van der Waals surface area (Å²) in [5.74, 6) is 3.39. The van der Waals surface area contributed by atoms with E-state index >= 15 is 0 Å². The molecule has 2 saturated heterocycles. The first-order valence-corrected chi connectivity index (χ1v) is 11.8. The minimum absolute atomic E-state index is 0. The van der Waals surface area contributed by atoms with Crippen LogP contribution in [0.25, 0.3) is 0 Å². The molecule has 8 heteroatoms. The molecule has 4 aliphatic rings. The summed E-state index contributed by atoms with van der Waals surface area (Å²) >= 11 is 0. The molecule has 0 aromatic rings. The molecule has 2 bridgehead atoms. The second-order valence-corrected chi connectivity index (χ2v) is 10.6. The normalized spacial score (nSPS) is 36.7. The third kappa shape index (κ3) is 5.25. The van der Waals surface area contributed by atoms with Gasteiger partial charge in [0.15, 0.2) is 15.8 Å². The largest absolute Gasteiger partial charge is 0.381 e. The molecule has 4 fully saturated rings. The van der Waals surface area contributed by atoms with Crippen molar-refractivity contribution >= 4 is 39.8 Å². The lowest BCUT2D eigenvalue weighted by atomic mass is 9.95. The molecule has 150 valence electrons. The van der Waals surface area contributed by atoms with Crippen LogP contribution in [0.15, 0.2) is 4.99 Å². The highest BCUT2D eigenvalue weighted by Crippen LogP contribution is 2.44. The maximum absolute atomic E-state index is 11.7. The Morgan fingerprint density at radius 1 is 1.04 bits per heavy atom. The number of rotatable bonds is 4. The first-order chi connectivity index (χ1) is 12.1. The monoisotopic (exact) mass is 497 g/mol. The lowest BCUT2D eigenvalue weighted by molar-refractivity contribution is 0.0821. The molecule has 4 unspecified atom stereocenters. The number of nitrogens with one attached hydrogen (secondary N) is 2. The maximum Gasteiger partial charge on any atom is 0.191 e. The average molecular weight is 497 g/mol. The molecule has 2 N–H and O–H groups in total. The van der Waals surface area contributed by atoms with Crippen molar-refractivity contribution in [3.8, 4) is 0 Å². The van der Waals surface area contributed by atoms with Crippen LogP contribution >= 0.6 is 24.0 Å². The van der Waals surface area contributed by atoms with E-state index in [1.54, 1.807) is 0 Å². The van der Waals surface area contributed by atoms with Crippen molar-refractivity contribution in [1.29, 1.82) is 0 Å². The zero-order valence-electron chi connectivity index (χ0n) is 15.4. The summed E-state index contributed by atoms with van der Waals surface area (Å²) in [6, 6.07) is 0.947. The zero-order valence-corrected chi connectivity index (χ0v) is 18.5. The van der Waals surface area contributed by atoms with Crippen molar-refractivity contribution in [2.24, 2.45) is 22.7 Å². The summed E-state index contributed by atoms with van der Waals surface area (Å²) in [6.45, 7) is 2.22. The number of guanidine groups is 1. The third-order valence-electron chi connectivity index (χ3n) is 6.46. The lowest BCUT2D eigenvalue weighted by Gasteiger charge is -2.29. The summed E-state index contributed by atoms with van der Waals surface area (Å²) in [5, 5.41) is 7.28. The standard InChI is InChI=1S/C18H31N3O3S.HI/c22-25(23)8-5-14(12-25)11-19-18(20-16-3-6-24-7-4-16)21-17-10-13-1-2-15(17)9-13;/h13-17H,1-12H2,(H2,19,20,21);1H. The molecule has 2 heterocycles. The Labute approximate surface area is 174 Å². The van der Waals surface area contributed by atoms with Crippen LogP contribution in [0, 0.1) is 17.8 Å². The van der Waals surface area contributed by atoms with Gasteiger partial charge in [0.2, 0.25) is 0 Å². The molecule has 0 aromatic heterocycles. The van der Waals surface area contributed by atoms with Crippen molar-refractivity contribution in [2.75, 3.05) is 31.3 Å². The number of aliphatic imine (C=N–C) groups is 1. The zero-order chi connectivity index (χ0) is 17.3. The van der Waals surface area contributed by atoms with E-state index in [1.165, 1.54) is 25.7 Å². The van der Waals surface area contributed by atoms with Crippen molar-refractivity contribution in [1.82, 2.24) is 10.6 Å². The van der Waals surface area contributed by atoms with Crippen LogP contribution in [0.1, 0.15) is 44.9 Å². The van der Waals surface area contributed by atoms with E-state index in [-0.39, 0.29) is 29.9 Å². The predicted octanol–water partition coefficient (Wildman–Crippen LogP) is 1.94. The number of halogens is 1. The Hall–Kier alpha value is -0.0900. The minimum atomic E-state index is -2.83. The number of hydrogen-bond acceptors (Lipinski definition) is 4. The summed E-state index contributed by atoms with van der Waals surface area (Å²) in [6.07, 6.45) is 8.13. The van der Waals surface area contributed by atoms with Gasteiger partial charge in [-0.2, -0.15) is 0 Å². The Balaban J connectivity index is 0.00000196. The Morgan fingerprint density at radius 3 is 2.46 bits per heavy atom. The van der Waals surface area contributed by atoms with E-state index in [9.17, 15) is 8.42 Å². The number of ether oxygens (including phenoxy) is 1. The van der Waals surface area contributed by atoms with Gasteiger partial charge in [0.05, 0.1) is 11.5 Å². The van der Waals surface area contributed by atoms with E-state index in [0.717, 1.165) is 50.3 Å². The first-order valence-electron chi connectivity index (χ1n) is 9.93. The molecule has 2 aliphatic carbocycles. The van der Waals surface area contributed by atoms with Gasteiger partial charge in [-0.3, -0.25) is 4.99 Å². The fraction of sp³-hybridized carbons (Fsp3) is 0.944. The van der Waals surface area contributed by atoms with E-state index in [4.69, 9.17) is 9.73 Å². The van der Waals surface area contributed by atoms with Gasteiger partial charge in [0.25, 0.3) is 0 Å². The van der Waals surface area contributed by atoms with Gasteiger partial charge in [0, 0.05) is 31.8 Å². The van der Waals surface area contributed by atoms with Gasteiger partial charge in [0.1, 0.15) is 0 Å². The highest BCUT2D eigenvalue weighted by molar-refractivity contribution is 14.0. The number of hydrogen-bond donors (Lipinski definition) is 2. The van der Waals surface area contributed by atoms with Gasteiger partial charge in [-0.1, -0.05) is 6.42 Å². The van der Waals surface area contributed by atoms with Gasteiger partial charge >= 0.3 is 0 Å². The summed E-state index contributed by atoms with van der Waals surface area (Å²) < 4.78 is 28.8. The van der Waals surface area contributed by atoms with Crippen LogP contribution in [-0.4, -0.2) is 57.7 Å². The first kappa shape index (κ1) is 20.6. The van der Waals surface area contributed by atoms with Crippen LogP contribution < -0.4 is 10.6 Å². The average Bonchev–Trinajstić information content (AvgIpc) is 3.29. The molecular formula is C18H32IN3O3S. The third-order valence-corrected chi connectivity index (χ3v) is 8.29. The van der Waals surface area contributed by atoms with Crippen molar-refractivity contribution in [3.63, 3.8) is 0 Å². The van der Waals surface area contributed by atoms with Crippen LogP contribution in [0.4, 0.5) is 0 Å². The SMILES string of the molecule is I.O=S1(=O)CCC(CN=C(NC2CCOCC2)NC2CC3CCC2C3)C1. The molecule has 2 saturated carbocycles. The fourth-order valence-electron chi connectivity index (χ4n) is 5.00. The molecule has 0 spiro atoms. The maximum atomic E-state index is 11.7. The minimum Gasteiger partial charge on any atom is -0.381 e. The highest BCUT2D eigenvalue weighted by atomic mass is 127. The van der Waals surface area contributed by atoms with E-state index in [1.807, 2.05) is 0 Å². The Morgan fingerprint density at radius 2 is 1.85 bits per heavy atom. The molecular weight excluding hydrogens is 465 g/mol. The van der Waals surface area contributed by atoms with Crippen molar-refractivity contribution in [3.05, 3.63) is 0 Å². The fourth-order valence-corrected chi connectivity index (χ4v) is 6.85. The molecule has 0 radical (unpaired) electrons. The smallest absolute Gasteiger partial charge is 0.191 e. The van der Waals surface area contributed by atoms with Crippen LogP contribution in [0.5, 0.6) is 0 Å². The van der Waals surface area contributed by atoms with Crippen LogP contribution in [0.3, 0.4) is 0 Å². The second-order valence-electron chi connectivity index (χ2n) is 8.42. The molecule has 2 aliphatic heterocycles. The molecule has 6 nitrogen and oxygen atoms in total. The number of fused-ring (bicyclic) bond motifs is 2. The van der Waals surface area contributed by atoms with E-state index in [0.29, 0.717) is 30.1 Å². The summed E-state index contributed by atoms with van der Waals surface area (Å²) in [5.41, 5.74) is 0. The Bertz CT molecular complexity index is 607. The molecule has 4 atom stereocenters. The van der Waals surface area contributed by atoms with Crippen LogP contribution in [-0.2, 0) is 14.6 Å². The quantitative estimate of drug-likeness (QED) is 0.353. The topological polar surface area (TPSA) is 79.8 Å². The Kier molecular flexibility index (Phi) is 7.10. The van der Waals surface area contributed by atoms with Gasteiger partial charge in [-0.25, -0.2) is 8.42 Å². The molecule has 0 aromatic carbocycles. The lowest BCUT2D eigenvalue weighted by Crippen LogP contribution is -2.50. The van der Waals surface area contributed by atoms with Gasteiger partial charge < -0.3 is 15.4 Å². The van der Waals surface area contributed by atoms with Crippen molar-refractivity contribution < 1.29 is 13.2 Å². The van der Waals surface area contributed by atoms with Crippen molar-refractivity contribution in [2.45, 2.75) is 57.0 Å². The second kappa shape index (κ2) is 8.94. The van der Waals surface area contributed by atoms with Crippen LogP contribution in [0.2, 0.25) is 0 Å². The molecule has 4 rings (SSSR count).